The van der Waals surface area contributed by atoms with Crippen LogP contribution in [0.2, 0.25) is 0 Å². The summed E-state index contributed by atoms with van der Waals surface area (Å²) in [4.78, 5) is 8.02. The van der Waals surface area contributed by atoms with Crippen LogP contribution in [0.15, 0.2) is 0 Å². The summed E-state index contributed by atoms with van der Waals surface area (Å²) in [5, 5.41) is 0. The van der Waals surface area contributed by atoms with Gasteiger partial charge in [0, 0.05) is 50.3 Å². The van der Waals surface area contributed by atoms with Gasteiger partial charge in [-0.2, -0.15) is 0 Å². The lowest BCUT2D eigenvalue weighted by Crippen LogP contribution is -2.53. The molecule has 26 heavy (non-hydrogen) atoms. The summed E-state index contributed by atoms with van der Waals surface area (Å²) in [6, 6.07) is 0. The highest BCUT2D eigenvalue weighted by molar-refractivity contribution is 4.86. The van der Waals surface area contributed by atoms with Gasteiger partial charge in [-0.1, -0.05) is 13.8 Å². The highest BCUT2D eigenvalue weighted by Crippen LogP contribution is 2.30. The molecule has 0 spiro atoms. The Labute approximate surface area is 164 Å². The molecule has 0 amide bonds. The SMILES string of the molecule is CC(CC(C)CN1CCN(C(C)(C)C)CC1)CC1CCN(C(C)(C)C)C1. The van der Waals surface area contributed by atoms with E-state index < -0.39 is 0 Å². The Balaban J connectivity index is 1.66. The van der Waals surface area contributed by atoms with Gasteiger partial charge >= 0.3 is 0 Å². The molecule has 0 aliphatic carbocycles. The zero-order valence-corrected chi connectivity index (χ0v) is 19.1. The van der Waals surface area contributed by atoms with E-state index in [1.165, 1.54) is 65.1 Å². The molecule has 2 aliphatic rings. The standard InChI is InChI=1S/C23H47N3/c1-19(16-21-9-10-26(18-21)23(6,7)8)15-20(2)17-24-11-13-25(14-12-24)22(3,4)5/h19-21H,9-18H2,1-8H3. The topological polar surface area (TPSA) is 9.72 Å². The van der Waals surface area contributed by atoms with Crippen LogP contribution < -0.4 is 0 Å². The molecule has 2 rings (SSSR count). The van der Waals surface area contributed by atoms with Gasteiger partial charge < -0.3 is 4.90 Å². The second-order valence-electron chi connectivity index (χ2n) is 11.4. The number of likely N-dealkylation sites (tertiary alicyclic amines) is 1. The molecule has 2 aliphatic heterocycles. The third-order valence-electron chi connectivity index (χ3n) is 6.67. The minimum absolute atomic E-state index is 0.328. The molecule has 3 nitrogen and oxygen atoms in total. The summed E-state index contributed by atoms with van der Waals surface area (Å²) in [5.74, 6) is 2.61. The molecular formula is C23H47N3. The van der Waals surface area contributed by atoms with Crippen molar-refractivity contribution in [2.45, 2.75) is 85.7 Å². The molecule has 0 N–H and O–H groups in total. The van der Waals surface area contributed by atoms with Crippen molar-refractivity contribution in [3.8, 4) is 0 Å². The number of nitrogens with zero attached hydrogens (tertiary/aromatic N) is 3. The van der Waals surface area contributed by atoms with Crippen molar-refractivity contribution in [1.82, 2.24) is 14.7 Å². The number of piperazine rings is 1. The quantitative estimate of drug-likeness (QED) is 0.682. The smallest absolute Gasteiger partial charge is 0.0126 e. The summed E-state index contributed by atoms with van der Waals surface area (Å²) >= 11 is 0. The van der Waals surface area contributed by atoms with Gasteiger partial charge in [-0.05, 0) is 85.1 Å². The molecule has 0 aromatic heterocycles. The molecule has 0 bridgehead atoms. The third-order valence-corrected chi connectivity index (χ3v) is 6.67. The number of hydrogen-bond donors (Lipinski definition) is 0. The molecule has 0 aromatic carbocycles. The Morgan fingerprint density at radius 2 is 1.35 bits per heavy atom. The van der Waals surface area contributed by atoms with Crippen LogP contribution in [0, 0.1) is 17.8 Å². The van der Waals surface area contributed by atoms with Gasteiger partial charge in [0.15, 0.2) is 0 Å². The van der Waals surface area contributed by atoms with Crippen LogP contribution in [0.1, 0.15) is 74.7 Å². The van der Waals surface area contributed by atoms with E-state index in [0.717, 1.165) is 17.8 Å². The fraction of sp³-hybridized carbons (Fsp3) is 1.00. The lowest BCUT2D eigenvalue weighted by molar-refractivity contribution is 0.0546. The van der Waals surface area contributed by atoms with Crippen molar-refractivity contribution >= 4 is 0 Å². The first-order chi connectivity index (χ1) is 11.9. The van der Waals surface area contributed by atoms with Crippen LogP contribution in [0.3, 0.4) is 0 Å². The summed E-state index contributed by atoms with van der Waals surface area (Å²) < 4.78 is 0. The fourth-order valence-electron chi connectivity index (χ4n) is 5.10. The Bertz CT molecular complexity index is 412. The summed E-state index contributed by atoms with van der Waals surface area (Å²) in [6.45, 7) is 28.0. The first kappa shape index (κ1) is 22.2. The first-order valence-corrected chi connectivity index (χ1v) is 11.2. The van der Waals surface area contributed by atoms with E-state index in [2.05, 4.69) is 70.1 Å². The Morgan fingerprint density at radius 3 is 1.85 bits per heavy atom. The maximum atomic E-state index is 2.70. The second kappa shape index (κ2) is 8.92. The van der Waals surface area contributed by atoms with E-state index in [0.29, 0.717) is 11.1 Å². The van der Waals surface area contributed by atoms with Gasteiger partial charge in [0.05, 0.1) is 0 Å². The van der Waals surface area contributed by atoms with Gasteiger partial charge in [-0.3, -0.25) is 9.80 Å². The summed E-state index contributed by atoms with van der Waals surface area (Å²) in [5.41, 5.74) is 0.676. The van der Waals surface area contributed by atoms with Crippen molar-refractivity contribution in [3.05, 3.63) is 0 Å². The highest BCUT2D eigenvalue weighted by atomic mass is 15.3. The fourth-order valence-corrected chi connectivity index (χ4v) is 5.10. The molecule has 3 unspecified atom stereocenters. The van der Waals surface area contributed by atoms with E-state index in [4.69, 9.17) is 0 Å². The monoisotopic (exact) mass is 365 g/mol. The van der Waals surface area contributed by atoms with Crippen molar-refractivity contribution < 1.29 is 0 Å². The van der Waals surface area contributed by atoms with Crippen LogP contribution in [0.25, 0.3) is 0 Å². The number of hydrogen-bond acceptors (Lipinski definition) is 3. The second-order valence-corrected chi connectivity index (χ2v) is 11.4. The normalized spacial score (nSPS) is 27.0. The molecule has 2 heterocycles. The van der Waals surface area contributed by atoms with E-state index in [1.54, 1.807) is 0 Å². The molecule has 2 saturated heterocycles. The van der Waals surface area contributed by atoms with E-state index in [1.807, 2.05) is 0 Å². The average molecular weight is 366 g/mol. The van der Waals surface area contributed by atoms with Gasteiger partial charge in [0.25, 0.3) is 0 Å². The van der Waals surface area contributed by atoms with Crippen LogP contribution in [0.4, 0.5) is 0 Å². The molecule has 0 radical (unpaired) electrons. The van der Waals surface area contributed by atoms with E-state index in [-0.39, 0.29) is 0 Å². The maximum Gasteiger partial charge on any atom is 0.0126 e. The van der Waals surface area contributed by atoms with E-state index >= 15 is 0 Å². The Hall–Kier alpha value is -0.120. The lowest BCUT2D eigenvalue weighted by Gasteiger charge is -2.43. The van der Waals surface area contributed by atoms with Crippen molar-refractivity contribution in [2.75, 3.05) is 45.8 Å². The van der Waals surface area contributed by atoms with Crippen LogP contribution in [-0.2, 0) is 0 Å². The predicted molar refractivity (Wildman–Crippen MR) is 115 cm³/mol. The zero-order valence-electron chi connectivity index (χ0n) is 19.1. The van der Waals surface area contributed by atoms with Gasteiger partial charge in [0.2, 0.25) is 0 Å². The number of rotatable bonds is 6. The highest BCUT2D eigenvalue weighted by Gasteiger charge is 2.31. The molecule has 154 valence electrons. The third kappa shape index (κ3) is 6.80. The predicted octanol–water partition coefficient (Wildman–Crippen LogP) is 4.58. The van der Waals surface area contributed by atoms with Crippen LogP contribution in [-0.4, -0.2) is 71.6 Å². The Morgan fingerprint density at radius 1 is 0.769 bits per heavy atom. The minimum atomic E-state index is 0.328. The van der Waals surface area contributed by atoms with Gasteiger partial charge in [0.1, 0.15) is 0 Å². The summed E-state index contributed by atoms with van der Waals surface area (Å²) in [6.07, 6.45) is 4.23. The van der Waals surface area contributed by atoms with Crippen LogP contribution >= 0.6 is 0 Å². The molecule has 0 aromatic rings. The van der Waals surface area contributed by atoms with Crippen LogP contribution in [0.5, 0.6) is 0 Å². The van der Waals surface area contributed by atoms with E-state index in [9.17, 15) is 0 Å². The average Bonchev–Trinajstić information content (AvgIpc) is 2.95. The maximum absolute atomic E-state index is 2.70. The van der Waals surface area contributed by atoms with Crippen molar-refractivity contribution in [2.24, 2.45) is 17.8 Å². The van der Waals surface area contributed by atoms with Crippen molar-refractivity contribution in [3.63, 3.8) is 0 Å². The molecule has 3 atom stereocenters. The Kier molecular flexibility index (Phi) is 7.61. The molecule has 0 saturated carbocycles. The van der Waals surface area contributed by atoms with Gasteiger partial charge in [-0.15, -0.1) is 0 Å². The summed E-state index contributed by atoms with van der Waals surface area (Å²) in [7, 11) is 0. The first-order valence-electron chi connectivity index (χ1n) is 11.2. The molecular weight excluding hydrogens is 318 g/mol. The van der Waals surface area contributed by atoms with Crippen molar-refractivity contribution in [1.29, 1.82) is 0 Å². The largest absolute Gasteiger partial charge is 0.301 e. The van der Waals surface area contributed by atoms with Gasteiger partial charge in [-0.25, -0.2) is 0 Å². The molecule has 2 fully saturated rings. The zero-order chi connectivity index (χ0) is 19.5. The molecule has 3 heteroatoms. The minimum Gasteiger partial charge on any atom is -0.301 e. The lowest BCUT2D eigenvalue weighted by atomic mass is 9.88.